The number of imide groups is 1. The number of benzene rings is 2. The average Bonchev–Trinajstić information content (AvgIpc) is 2.76. The number of azo groups is 1. The van der Waals surface area contributed by atoms with Crippen LogP contribution in [0, 0.1) is 0 Å². The second-order valence-corrected chi connectivity index (χ2v) is 4.86. The summed E-state index contributed by atoms with van der Waals surface area (Å²) in [5.74, 6) is -0.711. The SMILES string of the molecule is CN=Nc1ccc(O)c(CN2C(=O)c3ccccc3C2=O)c1. The van der Waals surface area contributed by atoms with Crippen LogP contribution >= 0.6 is 0 Å². The number of phenols is 1. The summed E-state index contributed by atoms with van der Waals surface area (Å²) >= 11 is 0. The second-order valence-electron chi connectivity index (χ2n) is 4.86. The zero-order chi connectivity index (χ0) is 15.7. The Hall–Kier alpha value is -3.02. The van der Waals surface area contributed by atoms with E-state index >= 15 is 0 Å². The lowest BCUT2D eigenvalue weighted by atomic mass is 10.1. The standard InChI is InChI=1S/C16H13N3O3/c1-17-18-11-6-7-14(20)10(8-11)9-19-15(21)12-4-2-3-5-13(12)16(19)22/h2-8,20H,9H2,1H3. The van der Waals surface area contributed by atoms with Gasteiger partial charge in [-0.15, -0.1) is 0 Å². The molecular weight excluding hydrogens is 282 g/mol. The van der Waals surface area contributed by atoms with Crippen LogP contribution in [0.1, 0.15) is 26.3 Å². The van der Waals surface area contributed by atoms with Crippen molar-refractivity contribution in [3.8, 4) is 5.75 Å². The molecule has 0 saturated heterocycles. The lowest BCUT2D eigenvalue weighted by molar-refractivity contribution is 0.0641. The van der Waals surface area contributed by atoms with Crippen molar-refractivity contribution in [2.75, 3.05) is 7.05 Å². The quantitative estimate of drug-likeness (QED) is 0.698. The Labute approximate surface area is 126 Å². The number of amides is 2. The Morgan fingerprint density at radius 1 is 1.05 bits per heavy atom. The maximum absolute atomic E-state index is 12.3. The maximum Gasteiger partial charge on any atom is 0.261 e. The molecule has 1 heterocycles. The molecule has 0 saturated carbocycles. The molecule has 3 rings (SSSR count). The van der Waals surface area contributed by atoms with Crippen LogP contribution < -0.4 is 0 Å². The van der Waals surface area contributed by atoms with Gasteiger partial charge in [-0.25, -0.2) is 0 Å². The van der Waals surface area contributed by atoms with Gasteiger partial charge in [0, 0.05) is 12.6 Å². The first-order chi connectivity index (χ1) is 10.6. The molecule has 0 aromatic heterocycles. The summed E-state index contributed by atoms with van der Waals surface area (Å²) in [4.78, 5) is 25.7. The van der Waals surface area contributed by atoms with Crippen molar-refractivity contribution in [3.63, 3.8) is 0 Å². The summed E-state index contributed by atoms with van der Waals surface area (Å²) in [5, 5.41) is 17.5. The van der Waals surface area contributed by atoms with E-state index in [1.54, 1.807) is 36.4 Å². The minimum absolute atomic E-state index is 0.00612. The fourth-order valence-corrected chi connectivity index (χ4v) is 2.43. The summed E-state index contributed by atoms with van der Waals surface area (Å²) in [7, 11) is 1.54. The van der Waals surface area contributed by atoms with E-state index in [1.807, 2.05) is 0 Å². The summed E-state index contributed by atoms with van der Waals surface area (Å²) in [5.41, 5.74) is 1.76. The predicted octanol–water partition coefficient (Wildman–Crippen LogP) is 2.90. The molecule has 6 nitrogen and oxygen atoms in total. The van der Waals surface area contributed by atoms with Gasteiger partial charge in [-0.2, -0.15) is 10.2 Å². The highest BCUT2D eigenvalue weighted by Crippen LogP contribution is 2.29. The van der Waals surface area contributed by atoms with Gasteiger partial charge >= 0.3 is 0 Å². The first-order valence-corrected chi connectivity index (χ1v) is 6.69. The number of rotatable bonds is 3. The minimum atomic E-state index is -0.359. The van der Waals surface area contributed by atoms with E-state index in [9.17, 15) is 14.7 Å². The van der Waals surface area contributed by atoms with Crippen LogP contribution in [0.25, 0.3) is 0 Å². The van der Waals surface area contributed by atoms with Crippen molar-refractivity contribution < 1.29 is 14.7 Å². The molecule has 1 aliphatic heterocycles. The van der Waals surface area contributed by atoms with Crippen LogP contribution in [0.5, 0.6) is 5.75 Å². The van der Waals surface area contributed by atoms with Gasteiger partial charge in [0.05, 0.1) is 23.4 Å². The molecule has 2 aromatic carbocycles. The van der Waals surface area contributed by atoms with Crippen molar-refractivity contribution in [2.45, 2.75) is 6.54 Å². The molecule has 0 unspecified atom stereocenters. The van der Waals surface area contributed by atoms with E-state index in [1.165, 1.54) is 13.1 Å². The van der Waals surface area contributed by atoms with Crippen molar-refractivity contribution in [2.24, 2.45) is 10.2 Å². The topological polar surface area (TPSA) is 82.3 Å². The van der Waals surface area contributed by atoms with Gasteiger partial charge in [-0.3, -0.25) is 14.5 Å². The molecule has 1 N–H and O–H groups in total. The van der Waals surface area contributed by atoms with E-state index in [0.717, 1.165) is 4.90 Å². The highest BCUT2D eigenvalue weighted by molar-refractivity contribution is 6.21. The number of phenolic OH excluding ortho intramolecular Hbond substituents is 1. The molecule has 0 spiro atoms. The molecule has 22 heavy (non-hydrogen) atoms. The average molecular weight is 295 g/mol. The Kier molecular flexibility index (Phi) is 3.42. The maximum atomic E-state index is 12.3. The van der Waals surface area contributed by atoms with Gasteiger partial charge in [0.2, 0.25) is 0 Å². The number of nitrogens with zero attached hydrogens (tertiary/aromatic N) is 3. The van der Waals surface area contributed by atoms with Crippen LogP contribution in [-0.4, -0.2) is 28.9 Å². The third kappa shape index (κ3) is 2.24. The molecule has 0 radical (unpaired) electrons. The molecule has 0 bridgehead atoms. The van der Waals surface area contributed by atoms with Gasteiger partial charge in [-0.1, -0.05) is 12.1 Å². The highest BCUT2D eigenvalue weighted by atomic mass is 16.3. The molecular formula is C16H13N3O3. The number of carbonyl (C=O) groups excluding carboxylic acids is 2. The summed E-state index contributed by atoms with van der Waals surface area (Å²) in [6.45, 7) is -0.00868. The number of fused-ring (bicyclic) bond motifs is 1. The molecule has 0 aliphatic carbocycles. The van der Waals surface area contributed by atoms with Crippen LogP contribution in [0.15, 0.2) is 52.7 Å². The zero-order valence-corrected chi connectivity index (χ0v) is 11.9. The number of hydrogen-bond acceptors (Lipinski definition) is 5. The largest absolute Gasteiger partial charge is 0.508 e. The smallest absolute Gasteiger partial charge is 0.261 e. The summed E-state index contributed by atoms with van der Waals surface area (Å²) < 4.78 is 0. The van der Waals surface area contributed by atoms with Crippen molar-refractivity contribution in [1.82, 2.24) is 4.90 Å². The minimum Gasteiger partial charge on any atom is -0.508 e. The first kappa shape index (κ1) is 13.9. The van der Waals surface area contributed by atoms with E-state index in [0.29, 0.717) is 22.4 Å². The molecule has 0 fully saturated rings. The van der Waals surface area contributed by atoms with Gasteiger partial charge in [0.15, 0.2) is 0 Å². The van der Waals surface area contributed by atoms with Crippen LogP contribution in [0.4, 0.5) is 5.69 Å². The van der Waals surface area contributed by atoms with E-state index in [4.69, 9.17) is 0 Å². The lowest BCUT2D eigenvalue weighted by Gasteiger charge is -2.15. The number of carbonyl (C=O) groups is 2. The third-order valence-corrected chi connectivity index (χ3v) is 3.49. The third-order valence-electron chi connectivity index (χ3n) is 3.49. The Balaban J connectivity index is 1.93. The van der Waals surface area contributed by atoms with Gasteiger partial charge in [-0.05, 0) is 30.3 Å². The Bertz CT molecular complexity index is 764. The Morgan fingerprint density at radius 2 is 1.68 bits per heavy atom. The fourth-order valence-electron chi connectivity index (χ4n) is 2.43. The van der Waals surface area contributed by atoms with Gasteiger partial charge in [0.25, 0.3) is 11.8 Å². The second kappa shape index (κ2) is 5.40. The molecule has 1 aliphatic rings. The fraction of sp³-hybridized carbons (Fsp3) is 0.125. The first-order valence-electron chi connectivity index (χ1n) is 6.69. The van der Waals surface area contributed by atoms with Gasteiger partial charge in [0.1, 0.15) is 5.75 Å². The lowest BCUT2D eigenvalue weighted by Crippen LogP contribution is -2.29. The summed E-state index contributed by atoms with van der Waals surface area (Å²) in [6, 6.07) is 11.4. The number of hydrogen-bond donors (Lipinski definition) is 1. The van der Waals surface area contributed by atoms with Crippen LogP contribution in [0.3, 0.4) is 0 Å². The van der Waals surface area contributed by atoms with Crippen LogP contribution in [-0.2, 0) is 6.54 Å². The molecule has 6 heteroatoms. The van der Waals surface area contributed by atoms with Crippen LogP contribution in [0.2, 0.25) is 0 Å². The van der Waals surface area contributed by atoms with Gasteiger partial charge < -0.3 is 5.11 Å². The summed E-state index contributed by atoms with van der Waals surface area (Å²) in [6.07, 6.45) is 0. The van der Waals surface area contributed by atoms with Crippen molar-refractivity contribution in [1.29, 1.82) is 0 Å². The molecule has 2 amide bonds. The van der Waals surface area contributed by atoms with Crippen molar-refractivity contribution >= 4 is 17.5 Å². The molecule has 110 valence electrons. The highest BCUT2D eigenvalue weighted by Gasteiger charge is 2.35. The predicted molar refractivity (Wildman–Crippen MR) is 79.2 cm³/mol. The zero-order valence-electron chi connectivity index (χ0n) is 11.9. The van der Waals surface area contributed by atoms with E-state index < -0.39 is 0 Å². The number of aromatic hydroxyl groups is 1. The Morgan fingerprint density at radius 3 is 2.27 bits per heavy atom. The monoisotopic (exact) mass is 295 g/mol. The molecule has 0 atom stereocenters. The molecule has 2 aromatic rings. The van der Waals surface area contributed by atoms with E-state index in [2.05, 4.69) is 10.2 Å². The van der Waals surface area contributed by atoms with Crippen molar-refractivity contribution in [3.05, 3.63) is 59.2 Å². The van der Waals surface area contributed by atoms with E-state index in [-0.39, 0.29) is 24.1 Å². The normalized spacial score (nSPS) is 14.0.